The Morgan fingerprint density at radius 3 is 2.66 bits per heavy atom. The van der Waals surface area contributed by atoms with E-state index in [4.69, 9.17) is 21.1 Å². The quantitative estimate of drug-likeness (QED) is 0.459. The lowest BCUT2D eigenvalue weighted by atomic mass is 9.91. The maximum atomic E-state index is 6.26. The standard InChI is InChI=1S/C23H21ClN4O/c1-15-8-10-16(11-9-15)13-20(17-5-3-6-18(24)14-17)23-27-22(28-29-23)19-7-4-12-26-21(19)25-2/h3-12,14,20H,13H2,1-2H3,(H,25,26). The van der Waals surface area contributed by atoms with E-state index in [0.29, 0.717) is 22.6 Å². The van der Waals surface area contributed by atoms with E-state index in [0.717, 1.165) is 17.5 Å². The van der Waals surface area contributed by atoms with Crippen molar-refractivity contribution in [2.75, 3.05) is 12.4 Å². The third kappa shape index (κ3) is 4.30. The molecule has 4 aromatic rings. The molecule has 2 aromatic heterocycles. The smallest absolute Gasteiger partial charge is 0.234 e. The van der Waals surface area contributed by atoms with Gasteiger partial charge >= 0.3 is 0 Å². The maximum absolute atomic E-state index is 6.26. The molecular weight excluding hydrogens is 384 g/mol. The van der Waals surface area contributed by atoms with Crippen LogP contribution in [0.15, 0.2) is 71.4 Å². The number of pyridine rings is 1. The molecule has 5 nitrogen and oxygen atoms in total. The first kappa shape index (κ1) is 19.2. The van der Waals surface area contributed by atoms with E-state index >= 15 is 0 Å². The summed E-state index contributed by atoms with van der Waals surface area (Å²) in [4.78, 5) is 9.03. The minimum Gasteiger partial charge on any atom is -0.373 e. The number of aryl methyl sites for hydroxylation is 1. The molecule has 0 aliphatic rings. The number of nitrogens with zero attached hydrogens (tertiary/aromatic N) is 3. The van der Waals surface area contributed by atoms with Crippen LogP contribution in [0, 0.1) is 6.92 Å². The first-order valence-corrected chi connectivity index (χ1v) is 9.79. The van der Waals surface area contributed by atoms with Gasteiger partial charge in [-0.1, -0.05) is 58.7 Å². The van der Waals surface area contributed by atoms with Gasteiger partial charge in [-0.05, 0) is 48.7 Å². The highest BCUT2D eigenvalue weighted by molar-refractivity contribution is 6.30. The normalized spacial score (nSPS) is 12.0. The SMILES string of the molecule is CNc1ncccc1-c1noc(C(Cc2ccc(C)cc2)c2cccc(Cl)c2)n1. The Balaban J connectivity index is 1.73. The van der Waals surface area contributed by atoms with Crippen molar-refractivity contribution in [2.24, 2.45) is 0 Å². The zero-order valence-corrected chi connectivity index (χ0v) is 17.0. The lowest BCUT2D eigenvalue weighted by Gasteiger charge is -2.14. The molecule has 1 N–H and O–H groups in total. The molecule has 2 heterocycles. The van der Waals surface area contributed by atoms with Crippen LogP contribution >= 0.6 is 11.6 Å². The Morgan fingerprint density at radius 1 is 1.07 bits per heavy atom. The molecule has 0 saturated carbocycles. The maximum Gasteiger partial charge on any atom is 0.234 e. The second kappa shape index (κ2) is 8.45. The van der Waals surface area contributed by atoms with Crippen molar-refractivity contribution in [2.45, 2.75) is 19.3 Å². The van der Waals surface area contributed by atoms with Gasteiger partial charge in [0.1, 0.15) is 5.82 Å². The molecule has 6 heteroatoms. The monoisotopic (exact) mass is 404 g/mol. The van der Waals surface area contributed by atoms with Crippen LogP contribution < -0.4 is 5.32 Å². The van der Waals surface area contributed by atoms with E-state index in [1.54, 1.807) is 6.20 Å². The van der Waals surface area contributed by atoms with Crippen LogP contribution in [-0.2, 0) is 6.42 Å². The lowest BCUT2D eigenvalue weighted by molar-refractivity contribution is 0.365. The second-order valence-electron chi connectivity index (χ2n) is 6.90. The molecule has 0 radical (unpaired) electrons. The van der Waals surface area contributed by atoms with Gasteiger partial charge < -0.3 is 9.84 Å². The van der Waals surface area contributed by atoms with Crippen LogP contribution in [0.5, 0.6) is 0 Å². The van der Waals surface area contributed by atoms with E-state index in [-0.39, 0.29) is 5.92 Å². The molecule has 0 aliphatic carbocycles. The molecule has 0 saturated heterocycles. The predicted molar refractivity (Wildman–Crippen MR) is 115 cm³/mol. The summed E-state index contributed by atoms with van der Waals surface area (Å²) in [6.45, 7) is 2.08. The first-order chi connectivity index (χ1) is 14.1. The number of hydrogen-bond acceptors (Lipinski definition) is 5. The predicted octanol–water partition coefficient (Wildman–Crippen LogP) is 5.51. The third-order valence-electron chi connectivity index (χ3n) is 4.84. The molecule has 4 rings (SSSR count). The fourth-order valence-corrected chi connectivity index (χ4v) is 3.50. The molecule has 146 valence electrons. The number of halogens is 1. The van der Waals surface area contributed by atoms with Crippen LogP contribution in [0.2, 0.25) is 5.02 Å². The Kier molecular flexibility index (Phi) is 5.58. The summed E-state index contributed by atoms with van der Waals surface area (Å²) in [5.74, 6) is 1.66. The molecule has 1 atom stereocenters. The van der Waals surface area contributed by atoms with Gasteiger partial charge in [-0.25, -0.2) is 4.98 Å². The largest absolute Gasteiger partial charge is 0.373 e. The highest BCUT2D eigenvalue weighted by Crippen LogP contribution is 2.31. The number of anilines is 1. The zero-order valence-electron chi connectivity index (χ0n) is 16.3. The second-order valence-corrected chi connectivity index (χ2v) is 7.34. The Bertz CT molecular complexity index is 1110. The van der Waals surface area contributed by atoms with Crippen LogP contribution in [-0.4, -0.2) is 22.2 Å². The molecule has 0 amide bonds. The Hall–Kier alpha value is -3.18. The fraction of sp³-hybridized carbons (Fsp3) is 0.174. The molecule has 0 aliphatic heterocycles. The van der Waals surface area contributed by atoms with Crippen molar-refractivity contribution >= 4 is 17.4 Å². The van der Waals surface area contributed by atoms with E-state index in [9.17, 15) is 0 Å². The number of aromatic nitrogens is 3. The molecule has 2 aromatic carbocycles. The number of rotatable bonds is 6. The summed E-state index contributed by atoms with van der Waals surface area (Å²) >= 11 is 6.26. The third-order valence-corrected chi connectivity index (χ3v) is 5.07. The van der Waals surface area contributed by atoms with Gasteiger partial charge in [-0.15, -0.1) is 0 Å². The van der Waals surface area contributed by atoms with E-state index < -0.39 is 0 Å². The fourth-order valence-electron chi connectivity index (χ4n) is 3.30. The summed E-state index contributed by atoms with van der Waals surface area (Å²) < 4.78 is 5.71. The van der Waals surface area contributed by atoms with Gasteiger partial charge in [0.2, 0.25) is 11.7 Å². The zero-order chi connectivity index (χ0) is 20.2. The minimum absolute atomic E-state index is 0.104. The Morgan fingerprint density at radius 2 is 1.90 bits per heavy atom. The first-order valence-electron chi connectivity index (χ1n) is 9.42. The summed E-state index contributed by atoms with van der Waals surface area (Å²) in [6.07, 6.45) is 2.46. The topological polar surface area (TPSA) is 63.8 Å². The summed E-state index contributed by atoms with van der Waals surface area (Å²) in [5, 5.41) is 7.97. The summed E-state index contributed by atoms with van der Waals surface area (Å²) in [5.41, 5.74) is 4.25. The summed E-state index contributed by atoms with van der Waals surface area (Å²) in [7, 11) is 1.82. The van der Waals surface area contributed by atoms with Crippen molar-refractivity contribution in [1.29, 1.82) is 0 Å². The molecule has 29 heavy (non-hydrogen) atoms. The van der Waals surface area contributed by atoms with Gasteiger partial charge in [-0.2, -0.15) is 4.98 Å². The van der Waals surface area contributed by atoms with Gasteiger partial charge in [0.25, 0.3) is 0 Å². The highest BCUT2D eigenvalue weighted by atomic mass is 35.5. The van der Waals surface area contributed by atoms with Crippen molar-refractivity contribution < 1.29 is 4.52 Å². The Labute approximate surface area is 174 Å². The van der Waals surface area contributed by atoms with Crippen molar-refractivity contribution in [3.05, 3.63) is 94.5 Å². The van der Waals surface area contributed by atoms with Gasteiger partial charge in [0.05, 0.1) is 11.5 Å². The van der Waals surface area contributed by atoms with E-state index in [2.05, 4.69) is 46.6 Å². The van der Waals surface area contributed by atoms with Crippen LogP contribution in [0.1, 0.15) is 28.5 Å². The van der Waals surface area contributed by atoms with Gasteiger partial charge in [0.15, 0.2) is 0 Å². The molecule has 0 fully saturated rings. The van der Waals surface area contributed by atoms with Crippen LogP contribution in [0.4, 0.5) is 5.82 Å². The van der Waals surface area contributed by atoms with Crippen molar-refractivity contribution in [1.82, 2.24) is 15.1 Å². The average Bonchev–Trinajstić information content (AvgIpc) is 3.23. The minimum atomic E-state index is -0.104. The van der Waals surface area contributed by atoms with E-state index in [1.807, 2.05) is 43.4 Å². The van der Waals surface area contributed by atoms with Crippen LogP contribution in [0.3, 0.4) is 0 Å². The number of benzene rings is 2. The highest BCUT2D eigenvalue weighted by Gasteiger charge is 2.23. The molecular formula is C23H21ClN4O. The van der Waals surface area contributed by atoms with Gasteiger partial charge in [0, 0.05) is 18.3 Å². The van der Waals surface area contributed by atoms with Crippen molar-refractivity contribution in [3.63, 3.8) is 0 Å². The lowest BCUT2D eigenvalue weighted by Crippen LogP contribution is -2.06. The average molecular weight is 405 g/mol. The molecule has 0 spiro atoms. The number of nitrogens with one attached hydrogen (secondary N) is 1. The number of hydrogen-bond donors (Lipinski definition) is 1. The van der Waals surface area contributed by atoms with Crippen molar-refractivity contribution in [3.8, 4) is 11.4 Å². The molecule has 1 unspecified atom stereocenters. The van der Waals surface area contributed by atoms with Gasteiger partial charge in [-0.3, -0.25) is 0 Å². The van der Waals surface area contributed by atoms with E-state index in [1.165, 1.54) is 11.1 Å². The van der Waals surface area contributed by atoms with Crippen LogP contribution in [0.25, 0.3) is 11.4 Å². The summed E-state index contributed by atoms with van der Waals surface area (Å²) in [6, 6.07) is 20.0. The molecule has 0 bridgehead atoms.